The number of guanidine groups is 1. The molecular formula is C17H36N4O2. The van der Waals surface area contributed by atoms with Gasteiger partial charge in [0.05, 0.1) is 13.2 Å². The first-order valence-electron chi connectivity index (χ1n) is 8.86. The summed E-state index contributed by atoms with van der Waals surface area (Å²) in [4.78, 5) is 6.86. The van der Waals surface area contributed by atoms with Crippen molar-refractivity contribution in [1.82, 2.24) is 15.5 Å². The third-order valence-electron chi connectivity index (χ3n) is 4.36. The Morgan fingerprint density at radius 1 is 1.22 bits per heavy atom. The van der Waals surface area contributed by atoms with Crippen molar-refractivity contribution in [3.05, 3.63) is 0 Å². The summed E-state index contributed by atoms with van der Waals surface area (Å²) in [5, 5.41) is 6.97. The Morgan fingerprint density at radius 3 is 2.61 bits per heavy atom. The number of methoxy groups -OCH3 is 1. The van der Waals surface area contributed by atoms with Gasteiger partial charge in [-0.1, -0.05) is 6.92 Å². The van der Waals surface area contributed by atoms with Crippen LogP contribution in [0.4, 0.5) is 0 Å². The lowest BCUT2D eigenvalue weighted by Crippen LogP contribution is -2.47. The van der Waals surface area contributed by atoms with Gasteiger partial charge >= 0.3 is 0 Å². The summed E-state index contributed by atoms with van der Waals surface area (Å²) in [6.45, 7) is 12.1. The van der Waals surface area contributed by atoms with Crippen molar-refractivity contribution in [3.8, 4) is 0 Å². The van der Waals surface area contributed by atoms with Crippen molar-refractivity contribution in [1.29, 1.82) is 0 Å². The molecule has 2 N–H and O–H groups in total. The molecule has 2 atom stereocenters. The highest BCUT2D eigenvalue weighted by molar-refractivity contribution is 5.80. The third-order valence-corrected chi connectivity index (χ3v) is 4.36. The molecule has 1 saturated heterocycles. The number of unbranched alkanes of at least 4 members (excludes halogenated alkanes) is 1. The standard InChI is InChI=1S/C17H36N4O2/c1-14(2)21-12-15(3)16(13-21)20-17(18-4)19-8-6-7-9-23-11-10-22-5/h14-16H,6-13H2,1-5H3,(H2,18,19,20). The lowest BCUT2D eigenvalue weighted by atomic mass is 10.1. The van der Waals surface area contributed by atoms with Crippen molar-refractivity contribution < 1.29 is 9.47 Å². The summed E-state index contributed by atoms with van der Waals surface area (Å²) in [5.41, 5.74) is 0. The van der Waals surface area contributed by atoms with Crippen LogP contribution >= 0.6 is 0 Å². The molecule has 6 nitrogen and oxygen atoms in total. The van der Waals surface area contributed by atoms with Crippen LogP contribution in [0.2, 0.25) is 0 Å². The van der Waals surface area contributed by atoms with Gasteiger partial charge in [0, 0.05) is 52.5 Å². The fourth-order valence-corrected chi connectivity index (χ4v) is 2.76. The van der Waals surface area contributed by atoms with Crippen LogP contribution in [0.3, 0.4) is 0 Å². The fourth-order valence-electron chi connectivity index (χ4n) is 2.76. The predicted molar refractivity (Wildman–Crippen MR) is 96.1 cm³/mol. The van der Waals surface area contributed by atoms with Crippen LogP contribution in [0.25, 0.3) is 0 Å². The summed E-state index contributed by atoms with van der Waals surface area (Å²) in [7, 11) is 3.53. The molecular weight excluding hydrogens is 292 g/mol. The normalized spacial score (nSPS) is 22.8. The van der Waals surface area contributed by atoms with Gasteiger partial charge < -0.3 is 20.1 Å². The molecule has 0 aromatic rings. The summed E-state index contributed by atoms with van der Waals surface area (Å²) in [6, 6.07) is 1.08. The highest BCUT2D eigenvalue weighted by Gasteiger charge is 2.31. The van der Waals surface area contributed by atoms with Crippen LogP contribution in [0.15, 0.2) is 4.99 Å². The molecule has 1 heterocycles. The van der Waals surface area contributed by atoms with Gasteiger partial charge in [-0.05, 0) is 32.6 Å². The van der Waals surface area contributed by atoms with Crippen LogP contribution in [-0.4, -0.2) is 76.6 Å². The second-order valence-electron chi connectivity index (χ2n) is 6.59. The van der Waals surface area contributed by atoms with E-state index in [2.05, 4.69) is 41.3 Å². The number of nitrogens with zero attached hydrogens (tertiary/aromatic N) is 2. The highest BCUT2D eigenvalue weighted by atomic mass is 16.5. The maximum Gasteiger partial charge on any atom is 0.191 e. The van der Waals surface area contributed by atoms with E-state index in [4.69, 9.17) is 9.47 Å². The Balaban J connectivity index is 2.15. The zero-order valence-electron chi connectivity index (χ0n) is 15.6. The van der Waals surface area contributed by atoms with Crippen molar-refractivity contribution in [2.75, 3.05) is 53.6 Å². The van der Waals surface area contributed by atoms with Gasteiger partial charge in [0.25, 0.3) is 0 Å². The number of ether oxygens (including phenoxy) is 2. The molecule has 0 aromatic heterocycles. The van der Waals surface area contributed by atoms with Gasteiger partial charge in [0.2, 0.25) is 0 Å². The Hall–Kier alpha value is -0.850. The Bertz CT molecular complexity index is 337. The van der Waals surface area contributed by atoms with Crippen LogP contribution in [-0.2, 0) is 9.47 Å². The van der Waals surface area contributed by atoms with Gasteiger partial charge in [-0.3, -0.25) is 9.89 Å². The van der Waals surface area contributed by atoms with Gasteiger partial charge in [0.1, 0.15) is 0 Å². The minimum absolute atomic E-state index is 0.473. The van der Waals surface area contributed by atoms with Crippen molar-refractivity contribution in [3.63, 3.8) is 0 Å². The van der Waals surface area contributed by atoms with E-state index in [9.17, 15) is 0 Å². The molecule has 0 bridgehead atoms. The molecule has 6 heteroatoms. The van der Waals surface area contributed by atoms with Crippen molar-refractivity contribution in [2.24, 2.45) is 10.9 Å². The van der Waals surface area contributed by atoms with E-state index in [0.29, 0.717) is 31.2 Å². The lowest BCUT2D eigenvalue weighted by Gasteiger charge is -2.22. The molecule has 0 aliphatic carbocycles. The lowest BCUT2D eigenvalue weighted by molar-refractivity contribution is 0.0689. The minimum atomic E-state index is 0.473. The number of aliphatic imine (C=N–C) groups is 1. The molecule has 0 radical (unpaired) electrons. The minimum Gasteiger partial charge on any atom is -0.382 e. The second kappa shape index (κ2) is 11.6. The Morgan fingerprint density at radius 2 is 2.00 bits per heavy atom. The molecule has 1 aliphatic heterocycles. The first kappa shape index (κ1) is 20.2. The smallest absolute Gasteiger partial charge is 0.191 e. The molecule has 1 aliphatic rings. The molecule has 23 heavy (non-hydrogen) atoms. The molecule has 0 spiro atoms. The molecule has 1 rings (SSSR count). The molecule has 0 aromatic carbocycles. The van der Waals surface area contributed by atoms with Gasteiger partial charge in [0.15, 0.2) is 5.96 Å². The Kier molecular flexibility index (Phi) is 10.2. The maximum absolute atomic E-state index is 5.46. The monoisotopic (exact) mass is 328 g/mol. The quantitative estimate of drug-likeness (QED) is 0.360. The van der Waals surface area contributed by atoms with E-state index < -0.39 is 0 Å². The first-order valence-corrected chi connectivity index (χ1v) is 8.86. The summed E-state index contributed by atoms with van der Waals surface area (Å²) in [5.74, 6) is 1.55. The largest absolute Gasteiger partial charge is 0.382 e. The zero-order chi connectivity index (χ0) is 17.1. The summed E-state index contributed by atoms with van der Waals surface area (Å²) < 4.78 is 10.4. The predicted octanol–water partition coefficient (Wildman–Crippen LogP) is 1.32. The molecule has 136 valence electrons. The van der Waals surface area contributed by atoms with Gasteiger partial charge in [-0.25, -0.2) is 0 Å². The summed E-state index contributed by atoms with van der Waals surface area (Å²) in [6.07, 6.45) is 2.13. The molecule has 2 unspecified atom stereocenters. The van der Waals surface area contributed by atoms with Crippen LogP contribution in [0.5, 0.6) is 0 Å². The van der Waals surface area contributed by atoms with Crippen LogP contribution < -0.4 is 10.6 Å². The summed E-state index contributed by atoms with van der Waals surface area (Å²) >= 11 is 0. The van der Waals surface area contributed by atoms with Crippen LogP contribution in [0.1, 0.15) is 33.6 Å². The average molecular weight is 329 g/mol. The van der Waals surface area contributed by atoms with Crippen molar-refractivity contribution >= 4 is 5.96 Å². The maximum atomic E-state index is 5.46. The number of rotatable bonds is 10. The van der Waals surface area contributed by atoms with E-state index in [0.717, 1.165) is 45.0 Å². The number of hydrogen-bond acceptors (Lipinski definition) is 4. The number of likely N-dealkylation sites (tertiary alicyclic amines) is 1. The first-order chi connectivity index (χ1) is 11.1. The number of hydrogen-bond donors (Lipinski definition) is 2. The highest BCUT2D eigenvalue weighted by Crippen LogP contribution is 2.18. The zero-order valence-corrected chi connectivity index (χ0v) is 15.6. The average Bonchev–Trinajstić information content (AvgIpc) is 2.90. The topological polar surface area (TPSA) is 58.1 Å². The molecule has 0 saturated carbocycles. The van der Waals surface area contributed by atoms with Gasteiger partial charge in [-0.15, -0.1) is 0 Å². The van der Waals surface area contributed by atoms with E-state index in [-0.39, 0.29) is 0 Å². The van der Waals surface area contributed by atoms with E-state index in [1.165, 1.54) is 0 Å². The van der Waals surface area contributed by atoms with E-state index in [1.54, 1.807) is 7.11 Å². The number of nitrogens with one attached hydrogen (secondary N) is 2. The van der Waals surface area contributed by atoms with Gasteiger partial charge in [-0.2, -0.15) is 0 Å². The van der Waals surface area contributed by atoms with Crippen molar-refractivity contribution in [2.45, 2.75) is 45.7 Å². The van der Waals surface area contributed by atoms with Crippen LogP contribution in [0, 0.1) is 5.92 Å². The van der Waals surface area contributed by atoms with E-state index in [1.807, 2.05) is 7.05 Å². The van der Waals surface area contributed by atoms with E-state index >= 15 is 0 Å². The fraction of sp³-hybridized carbons (Fsp3) is 0.941. The third kappa shape index (κ3) is 7.99. The SMILES string of the molecule is CN=C(NCCCCOCCOC)NC1CN(C(C)C)CC1C. The second-order valence-corrected chi connectivity index (χ2v) is 6.59. The molecule has 0 amide bonds. The molecule has 1 fully saturated rings. The Labute approximate surface area is 142 Å².